The summed E-state index contributed by atoms with van der Waals surface area (Å²) in [5.74, 6) is -0.0400. The first-order valence-corrected chi connectivity index (χ1v) is 6.22. The van der Waals surface area contributed by atoms with Crippen LogP contribution in [0.15, 0.2) is 42.5 Å². The largest absolute Gasteiger partial charge is 0.228 e. The van der Waals surface area contributed by atoms with E-state index in [-0.39, 0.29) is 5.82 Å². The van der Waals surface area contributed by atoms with Crippen LogP contribution < -0.4 is 0 Å². The third-order valence-electron chi connectivity index (χ3n) is 2.92. The van der Waals surface area contributed by atoms with Crippen LogP contribution >= 0.6 is 11.6 Å². The Bertz CT molecular complexity index is 771. The van der Waals surface area contributed by atoms with Crippen LogP contribution in [0.3, 0.4) is 0 Å². The number of aryl methyl sites for hydroxylation is 1. The molecule has 4 heteroatoms. The average molecular weight is 273 g/mol. The van der Waals surface area contributed by atoms with Gasteiger partial charge >= 0.3 is 0 Å². The molecule has 0 aliphatic rings. The monoisotopic (exact) mass is 272 g/mol. The highest BCUT2D eigenvalue weighted by atomic mass is 35.5. The molecule has 0 fully saturated rings. The highest BCUT2D eigenvalue weighted by Crippen LogP contribution is 2.26. The van der Waals surface area contributed by atoms with E-state index < -0.39 is 0 Å². The molecule has 0 saturated heterocycles. The number of aromatic nitrogens is 2. The van der Waals surface area contributed by atoms with Crippen LogP contribution in [0.2, 0.25) is 5.15 Å². The van der Waals surface area contributed by atoms with Gasteiger partial charge in [0.2, 0.25) is 0 Å². The first kappa shape index (κ1) is 12.1. The minimum absolute atomic E-state index is 0.310. The number of benzene rings is 2. The summed E-state index contributed by atoms with van der Waals surface area (Å²) in [6, 6.07) is 12.2. The summed E-state index contributed by atoms with van der Waals surface area (Å²) in [6.45, 7) is 1.89. The molecule has 94 valence electrons. The molecule has 0 radical (unpaired) electrons. The quantitative estimate of drug-likeness (QED) is 0.614. The second kappa shape index (κ2) is 4.59. The van der Waals surface area contributed by atoms with Crippen molar-refractivity contribution in [3.63, 3.8) is 0 Å². The van der Waals surface area contributed by atoms with E-state index in [1.165, 1.54) is 6.07 Å². The summed E-state index contributed by atoms with van der Waals surface area (Å²) >= 11 is 6.13. The molecule has 0 spiro atoms. The molecule has 0 atom stereocenters. The van der Waals surface area contributed by atoms with Gasteiger partial charge in [0.1, 0.15) is 11.0 Å². The molecular weight excluding hydrogens is 263 g/mol. The number of hydrogen-bond donors (Lipinski definition) is 0. The van der Waals surface area contributed by atoms with Crippen molar-refractivity contribution in [2.45, 2.75) is 6.92 Å². The molecular formula is C15H10ClFN2. The highest BCUT2D eigenvalue weighted by Gasteiger charge is 2.11. The van der Waals surface area contributed by atoms with E-state index in [0.29, 0.717) is 22.1 Å². The van der Waals surface area contributed by atoms with Crippen molar-refractivity contribution in [2.75, 3.05) is 0 Å². The maximum absolute atomic E-state index is 13.9. The number of halogens is 2. The fourth-order valence-corrected chi connectivity index (χ4v) is 2.21. The fourth-order valence-electron chi connectivity index (χ4n) is 1.97. The Hall–Kier alpha value is -2.00. The van der Waals surface area contributed by atoms with Gasteiger partial charge in [0.05, 0.1) is 11.1 Å². The molecule has 1 heterocycles. The molecule has 0 aliphatic heterocycles. The summed E-state index contributed by atoms with van der Waals surface area (Å²) in [4.78, 5) is 8.56. The van der Waals surface area contributed by atoms with Crippen LogP contribution in [-0.4, -0.2) is 9.97 Å². The van der Waals surface area contributed by atoms with Crippen molar-refractivity contribution in [1.82, 2.24) is 9.97 Å². The van der Waals surface area contributed by atoms with E-state index in [9.17, 15) is 4.39 Å². The SMILES string of the molecule is Cc1ccc(F)c(-c2nc(Cl)c3ccccc3n2)c1. The van der Waals surface area contributed by atoms with Crippen molar-refractivity contribution >= 4 is 22.5 Å². The number of para-hydroxylation sites is 1. The lowest BCUT2D eigenvalue weighted by molar-refractivity contribution is 0.629. The third-order valence-corrected chi connectivity index (χ3v) is 3.21. The zero-order chi connectivity index (χ0) is 13.4. The van der Waals surface area contributed by atoms with Gasteiger partial charge in [-0.1, -0.05) is 35.4 Å². The topological polar surface area (TPSA) is 25.8 Å². The van der Waals surface area contributed by atoms with E-state index in [0.717, 1.165) is 10.9 Å². The van der Waals surface area contributed by atoms with Gasteiger partial charge in [0.25, 0.3) is 0 Å². The van der Waals surface area contributed by atoms with Gasteiger partial charge in [-0.3, -0.25) is 0 Å². The van der Waals surface area contributed by atoms with Crippen LogP contribution in [0.4, 0.5) is 4.39 Å². The first-order valence-electron chi connectivity index (χ1n) is 5.84. The second-order valence-electron chi connectivity index (χ2n) is 4.34. The van der Waals surface area contributed by atoms with Crippen molar-refractivity contribution < 1.29 is 4.39 Å². The number of fused-ring (bicyclic) bond motifs is 1. The molecule has 3 aromatic rings. The van der Waals surface area contributed by atoms with E-state index in [1.54, 1.807) is 12.1 Å². The zero-order valence-corrected chi connectivity index (χ0v) is 10.9. The Balaban J connectivity index is 2.28. The standard InChI is InChI=1S/C15H10ClFN2/c1-9-6-7-12(17)11(8-9)15-18-13-5-3-2-4-10(13)14(16)19-15/h2-8H,1H3. The molecule has 0 unspecified atom stereocenters. The lowest BCUT2D eigenvalue weighted by Crippen LogP contribution is -1.94. The molecule has 0 N–H and O–H groups in total. The van der Waals surface area contributed by atoms with E-state index in [1.807, 2.05) is 31.2 Å². The van der Waals surface area contributed by atoms with E-state index in [2.05, 4.69) is 9.97 Å². The lowest BCUT2D eigenvalue weighted by Gasteiger charge is -2.06. The van der Waals surface area contributed by atoms with Gasteiger partial charge in [-0.2, -0.15) is 0 Å². The minimum atomic E-state index is -0.350. The molecule has 0 amide bonds. The van der Waals surface area contributed by atoms with Gasteiger partial charge in [-0.05, 0) is 31.2 Å². The van der Waals surface area contributed by atoms with Crippen LogP contribution in [0.25, 0.3) is 22.3 Å². The normalized spacial score (nSPS) is 10.9. The van der Waals surface area contributed by atoms with Gasteiger partial charge in [-0.25, -0.2) is 14.4 Å². The summed E-state index contributed by atoms with van der Waals surface area (Å²) in [6.07, 6.45) is 0. The molecule has 0 aliphatic carbocycles. The Labute approximate surface area is 114 Å². The third kappa shape index (κ3) is 2.17. The molecule has 2 aromatic carbocycles. The van der Waals surface area contributed by atoms with Gasteiger partial charge in [-0.15, -0.1) is 0 Å². The predicted octanol–water partition coefficient (Wildman–Crippen LogP) is 4.40. The van der Waals surface area contributed by atoms with E-state index in [4.69, 9.17) is 11.6 Å². The Morgan fingerprint density at radius 3 is 2.68 bits per heavy atom. The molecule has 2 nitrogen and oxygen atoms in total. The lowest BCUT2D eigenvalue weighted by atomic mass is 10.1. The van der Waals surface area contributed by atoms with Crippen LogP contribution in [-0.2, 0) is 0 Å². The van der Waals surface area contributed by atoms with Crippen LogP contribution in [0, 0.1) is 12.7 Å². The molecule has 0 bridgehead atoms. The Morgan fingerprint density at radius 2 is 1.84 bits per heavy atom. The molecule has 1 aromatic heterocycles. The average Bonchev–Trinajstić information content (AvgIpc) is 2.41. The van der Waals surface area contributed by atoms with Gasteiger partial charge < -0.3 is 0 Å². The van der Waals surface area contributed by atoms with Crippen LogP contribution in [0.1, 0.15) is 5.56 Å². The number of rotatable bonds is 1. The van der Waals surface area contributed by atoms with Crippen molar-refractivity contribution in [1.29, 1.82) is 0 Å². The maximum Gasteiger partial charge on any atom is 0.164 e. The first-order chi connectivity index (χ1) is 9.15. The summed E-state index contributed by atoms with van der Waals surface area (Å²) < 4.78 is 13.9. The molecule has 0 saturated carbocycles. The van der Waals surface area contributed by atoms with Crippen molar-refractivity contribution in [3.05, 3.63) is 59.0 Å². The molecule has 3 rings (SSSR count). The maximum atomic E-state index is 13.9. The number of nitrogens with zero attached hydrogens (tertiary/aromatic N) is 2. The van der Waals surface area contributed by atoms with Crippen LogP contribution in [0.5, 0.6) is 0 Å². The van der Waals surface area contributed by atoms with E-state index >= 15 is 0 Å². The fraction of sp³-hybridized carbons (Fsp3) is 0.0667. The van der Waals surface area contributed by atoms with Crippen molar-refractivity contribution in [3.8, 4) is 11.4 Å². The Kier molecular flexibility index (Phi) is 2.91. The second-order valence-corrected chi connectivity index (χ2v) is 4.70. The summed E-state index contributed by atoms with van der Waals surface area (Å²) in [5, 5.41) is 1.10. The highest BCUT2D eigenvalue weighted by molar-refractivity contribution is 6.34. The zero-order valence-electron chi connectivity index (χ0n) is 10.2. The predicted molar refractivity (Wildman–Crippen MR) is 74.7 cm³/mol. The smallest absolute Gasteiger partial charge is 0.164 e. The van der Waals surface area contributed by atoms with Gasteiger partial charge in [0, 0.05) is 5.39 Å². The summed E-state index contributed by atoms with van der Waals surface area (Å²) in [7, 11) is 0. The number of hydrogen-bond acceptors (Lipinski definition) is 2. The Morgan fingerprint density at radius 1 is 1.05 bits per heavy atom. The summed E-state index contributed by atoms with van der Waals surface area (Å²) in [5.41, 5.74) is 2.02. The minimum Gasteiger partial charge on any atom is -0.228 e. The molecule has 19 heavy (non-hydrogen) atoms. The van der Waals surface area contributed by atoms with Gasteiger partial charge in [0.15, 0.2) is 5.82 Å². The van der Waals surface area contributed by atoms with Crippen molar-refractivity contribution in [2.24, 2.45) is 0 Å².